The maximum absolute atomic E-state index is 5.88. The van der Waals surface area contributed by atoms with Gasteiger partial charge < -0.3 is 10.2 Å². The summed E-state index contributed by atoms with van der Waals surface area (Å²) in [5.41, 5.74) is 7.75. The van der Waals surface area contributed by atoms with E-state index in [1.54, 1.807) is 0 Å². The first-order valence-electron chi connectivity index (χ1n) is 7.55. The van der Waals surface area contributed by atoms with Gasteiger partial charge in [-0.15, -0.1) is 0 Å². The summed E-state index contributed by atoms with van der Waals surface area (Å²) in [7, 11) is 0. The molecule has 1 heterocycles. The fraction of sp³-hybridized carbons (Fsp3) is 0.529. The Hall–Kier alpha value is -1.28. The molecule has 0 saturated heterocycles. The first kappa shape index (κ1) is 14.1. The van der Waals surface area contributed by atoms with E-state index in [4.69, 9.17) is 10.2 Å². The van der Waals surface area contributed by atoms with Crippen molar-refractivity contribution in [2.24, 2.45) is 5.73 Å². The topological polar surface area (TPSA) is 39.2 Å². The van der Waals surface area contributed by atoms with Crippen LogP contribution in [0.5, 0.6) is 0 Å². The maximum Gasteiger partial charge on any atom is 0.134 e. The summed E-state index contributed by atoms with van der Waals surface area (Å²) in [5, 5.41) is 1.19. The number of furan rings is 1. The molecule has 1 aromatic carbocycles. The van der Waals surface area contributed by atoms with E-state index in [2.05, 4.69) is 31.2 Å². The van der Waals surface area contributed by atoms with Crippen molar-refractivity contribution >= 4 is 11.0 Å². The summed E-state index contributed by atoms with van der Waals surface area (Å²) in [6, 6.07) is 8.40. The third-order valence-corrected chi connectivity index (χ3v) is 3.65. The highest BCUT2D eigenvalue weighted by Crippen LogP contribution is 2.22. The molecular weight excluding hydrogens is 234 g/mol. The highest BCUT2D eigenvalue weighted by molar-refractivity contribution is 5.78. The third kappa shape index (κ3) is 4.10. The van der Waals surface area contributed by atoms with Gasteiger partial charge in [-0.3, -0.25) is 0 Å². The smallest absolute Gasteiger partial charge is 0.134 e. The number of nitrogens with two attached hydrogens (primary N) is 1. The predicted octanol–water partition coefficient (Wildman–Crippen LogP) is 4.79. The number of fused-ring (bicyclic) bond motifs is 1. The lowest BCUT2D eigenvalue weighted by Gasteiger charge is -1.98. The number of rotatable bonds is 8. The largest absolute Gasteiger partial charge is 0.461 e. The second-order valence-corrected chi connectivity index (χ2v) is 5.31. The SMILES string of the molecule is CCCCCCCCc1cc2ccc(CN)cc2o1. The van der Waals surface area contributed by atoms with Gasteiger partial charge in [-0.05, 0) is 24.1 Å². The highest BCUT2D eigenvalue weighted by atomic mass is 16.3. The molecule has 2 heteroatoms. The van der Waals surface area contributed by atoms with Crippen LogP contribution in [-0.4, -0.2) is 0 Å². The summed E-state index contributed by atoms with van der Waals surface area (Å²) in [4.78, 5) is 0. The second-order valence-electron chi connectivity index (χ2n) is 5.31. The summed E-state index contributed by atoms with van der Waals surface area (Å²) in [6.45, 7) is 2.83. The van der Waals surface area contributed by atoms with E-state index in [1.807, 2.05) is 0 Å². The van der Waals surface area contributed by atoms with Crippen molar-refractivity contribution in [3.8, 4) is 0 Å². The molecule has 104 valence electrons. The first-order chi connectivity index (χ1) is 9.33. The van der Waals surface area contributed by atoms with Gasteiger partial charge in [0.05, 0.1) is 0 Å². The molecule has 0 bridgehead atoms. The van der Waals surface area contributed by atoms with Crippen LogP contribution in [-0.2, 0) is 13.0 Å². The maximum atomic E-state index is 5.88. The van der Waals surface area contributed by atoms with Gasteiger partial charge in [-0.25, -0.2) is 0 Å². The van der Waals surface area contributed by atoms with Gasteiger partial charge in [0.25, 0.3) is 0 Å². The molecule has 0 aliphatic rings. The van der Waals surface area contributed by atoms with Gasteiger partial charge in [-0.2, -0.15) is 0 Å². The highest BCUT2D eigenvalue weighted by Gasteiger charge is 2.04. The zero-order valence-corrected chi connectivity index (χ0v) is 12.0. The average Bonchev–Trinajstić information content (AvgIpc) is 2.84. The van der Waals surface area contributed by atoms with Crippen LogP contribution in [0.2, 0.25) is 0 Å². The number of aryl methyl sites for hydroxylation is 1. The van der Waals surface area contributed by atoms with Gasteiger partial charge in [0.1, 0.15) is 11.3 Å². The van der Waals surface area contributed by atoms with Crippen LogP contribution in [0.25, 0.3) is 11.0 Å². The van der Waals surface area contributed by atoms with E-state index in [9.17, 15) is 0 Å². The number of unbranched alkanes of at least 4 members (excludes halogenated alkanes) is 5. The van der Waals surface area contributed by atoms with Crippen molar-refractivity contribution in [2.75, 3.05) is 0 Å². The minimum absolute atomic E-state index is 0.573. The Morgan fingerprint density at radius 1 is 1.00 bits per heavy atom. The van der Waals surface area contributed by atoms with Crippen molar-refractivity contribution in [2.45, 2.75) is 58.4 Å². The molecule has 2 nitrogen and oxygen atoms in total. The van der Waals surface area contributed by atoms with Gasteiger partial charge in [0.15, 0.2) is 0 Å². The Labute approximate surface area is 116 Å². The lowest BCUT2D eigenvalue weighted by Crippen LogP contribution is -1.94. The van der Waals surface area contributed by atoms with E-state index < -0.39 is 0 Å². The third-order valence-electron chi connectivity index (χ3n) is 3.65. The minimum Gasteiger partial charge on any atom is -0.461 e. The van der Waals surface area contributed by atoms with E-state index in [-0.39, 0.29) is 0 Å². The normalized spacial score (nSPS) is 11.3. The fourth-order valence-electron chi connectivity index (χ4n) is 2.46. The van der Waals surface area contributed by atoms with Crippen molar-refractivity contribution in [3.63, 3.8) is 0 Å². The van der Waals surface area contributed by atoms with Crippen LogP contribution in [0.1, 0.15) is 56.8 Å². The Morgan fingerprint density at radius 2 is 1.79 bits per heavy atom. The van der Waals surface area contributed by atoms with Gasteiger partial charge in [0.2, 0.25) is 0 Å². The zero-order chi connectivity index (χ0) is 13.5. The molecule has 0 fully saturated rings. The predicted molar refractivity (Wildman–Crippen MR) is 81.2 cm³/mol. The molecule has 0 spiro atoms. The van der Waals surface area contributed by atoms with E-state index >= 15 is 0 Å². The van der Waals surface area contributed by atoms with E-state index in [0.717, 1.165) is 23.3 Å². The van der Waals surface area contributed by atoms with Gasteiger partial charge in [0, 0.05) is 18.4 Å². The molecule has 0 aliphatic carbocycles. The van der Waals surface area contributed by atoms with Crippen LogP contribution in [0, 0.1) is 0 Å². The van der Waals surface area contributed by atoms with Crippen LogP contribution in [0.3, 0.4) is 0 Å². The van der Waals surface area contributed by atoms with Crippen LogP contribution < -0.4 is 5.73 Å². The second kappa shape index (κ2) is 7.34. The van der Waals surface area contributed by atoms with Gasteiger partial charge >= 0.3 is 0 Å². The standard InChI is InChI=1S/C17H25NO/c1-2-3-4-5-6-7-8-16-12-15-10-9-14(13-18)11-17(15)19-16/h9-12H,2-8,13,18H2,1H3. The number of hydrogen-bond acceptors (Lipinski definition) is 2. The molecule has 2 aromatic rings. The summed E-state index contributed by atoms with van der Waals surface area (Å²) in [5.74, 6) is 1.11. The minimum atomic E-state index is 0.573. The summed E-state index contributed by atoms with van der Waals surface area (Å²) in [6.07, 6.45) is 9.00. The molecular formula is C17H25NO. The molecule has 19 heavy (non-hydrogen) atoms. The fourth-order valence-corrected chi connectivity index (χ4v) is 2.46. The molecule has 1 aromatic heterocycles. The summed E-state index contributed by atoms with van der Waals surface area (Å²) < 4.78 is 5.88. The molecule has 0 atom stereocenters. The molecule has 0 saturated carbocycles. The van der Waals surface area contributed by atoms with Crippen LogP contribution in [0.15, 0.2) is 28.7 Å². The van der Waals surface area contributed by atoms with Crippen molar-refractivity contribution in [3.05, 3.63) is 35.6 Å². The average molecular weight is 259 g/mol. The Bertz CT molecular complexity index is 501. The first-order valence-corrected chi connectivity index (χ1v) is 7.55. The Morgan fingerprint density at radius 3 is 2.58 bits per heavy atom. The lowest BCUT2D eigenvalue weighted by molar-refractivity contribution is 0.521. The molecule has 0 radical (unpaired) electrons. The molecule has 0 aliphatic heterocycles. The monoisotopic (exact) mass is 259 g/mol. The summed E-state index contributed by atoms with van der Waals surface area (Å²) >= 11 is 0. The van der Waals surface area contributed by atoms with Crippen molar-refractivity contribution in [1.82, 2.24) is 0 Å². The van der Waals surface area contributed by atoms with Crippen LogP contribution in [0.4, 0.5) is 0 Å². The lowest BCUT2D eigenvalue weighted by atomic mass is 10.1. The molecule has 0 unspecified atom stereocenters. The van der Waals surface area contributed by atoms with Crippen molar-refractivity contribution < 1.29 is 4.42 Å². The number of benzene rings is 1. The quantitative estimate of drug-likeness (QED) is 0.692. The number of hydrogen-bond donors (Lipinski definition) is 1. The molecule has 0 amide bonds. The molecule has 2 N–H and O–H groups in total. The Kier molecular flexibility index (Phi) is 5.46. The van der Waals surface area contributed by atoms with Gasteiger partial charge in [-0.1, -0.05) is 51.2 Å². The van der Waals surface area contributed by atoms with Crippen LogP contribution >= 0.6 is 0 Å². The molecule has 2 rings (SSSR count). The van der Waals surface area contributed by atoms with E-state index in [1.165, 1.54) is 43.9 Å². The van der Waals surface area contributed by atoms with Crippen molar-refractivity contribution in [1.29, 1.82) is 0 Å². The zero-order valence-electron chi connectivity index (χ0n) is 12.0. The van der Waals surface area contributed by atoms with E-state index in [0.29, 0.717) is 6.54 Å². The Balaban J connectivity index is 1.84.